The molecule has 0 radical (unpaired) electrons. The molecule has 0 saturated carbocycles. The van der Waals surface area contributed by atoms with Crippen LogP contribution in [0.1, 0.15) is 32.5 Å². The zero-order chi connectivity index (χ0) is 12.2. The second-order valence-corrected chi connectivity index (χ2v) is 4.61. The van der Waals surface area contributed by atoms with E-state index in [0.29, 0.717) is 6.54 Å². The van der Waals surface area contributed by atoms with E-state index in [1.54, 1.807) is 6.20 Å². The molecule has 0 saturated heterocycles. The molecule has 4 heteroatoms. The molecule has 1 aromatic rings. The monoisotopic (exact) mass is 221 g/mol. The van der Waals surface area contributed by atoms with Crippen molar-refractivity contribution in [2.24, 2.45) is 11.1 Å². The lowest BCUT2D eigenvalue weighted by Gasteiger charge is -2.23. The van der Waals surface area contributed by atoms with E-state index in [1.807, 2.05) is 39.0 Å². The van der Waals surface area contributed by atoms with Crippen LogP contribution in [0.2, 0.25) is 0 Å². The number of rotatable bonds is 5. The lowest BCUT2D eigenvalue weighted by molar-refractivity contribution is -0.125. The van der Waals surface area contributed by atoms with Gasteiger partial charge in [0.1, 0.15) is 0 Å². The fraction of sp³-hybridized carbons (Fsp3) is 0.500. The number of nitrogens with one attached hydrogen (secondary N) is 1. The van der Waals surface area contributed by atoms with Gasteiger partial charge in [-0.1, -0.05) is 6.07 Å². The molecule has 0 aliphatic rings. The minimum atomic E-state index is -0.539. The average molecular weight is 221 g/mol. The molecular weight excluding hydrogens is 202 g/mol. The molecular formula is C12H19N3O. The Kier molecular flexibility index (Phi) is 4.01. The number of pyridine rings is 1. The quantitative estimate of drug-likeness (QED) is 0.786. The molecule has 88 valence electrons. The number of primary amides is 1. The maximum Gasteiger partial charge on any atom is 0.224 e. The van der Waals surface area contributed by atoms with Gasteiger partial charge in [0, 0.05) is 18.8 Å². The van der Waals surface area contributed by atoms with Crippen molar-refractivity contribution < 1.29 is 4.79 Å². The van der Waals surface area contributed by atoms with Gasteiger partial charge in [0.05, 0.1) is 11.1 Å². The van der Waals surface area contributed by atoms with Crippen molar-refractivity contribution >= 4 is 5.91 Å². The summed E-state index contributed by atoms with van der Waals surface area (Å²) in [7, 11) is 0. The Morgan fingerprint density at radius 1 is 1.56 bits per heavy atom. The SMILES string of the molecule is CC(NCC(C)(C)C(N)=O)c1ccccn1. The number of hydrogen-bond donors (Lipinski definition) is 2. The van der Waals surface area contributed by atoms with Gasteiger partial charge < -0.3 is 11.1 Å². The van der Waals surface area contributed by atoms with Gasteiger partial charge in [-0.05, 0) is 32.9 Å². The fourth-order valence-corrected chi connectivity index (χ4v) is 1.23. The second-order valence-electron chi connectivity index (χ2n) is 4.61. The molecule has 4 nitrogen and oxygen atoms in total. The average Bonchev–Trinajstić information content (AvgIpc) is 2.27. The minimum absolute atomic E-state index is 0.111. The number of aromatic nitrogens is 1. The summed E-state index contributed by atoms with van der Waals surface area (Å²) in [6.07, 6.45) is 1.76. The highest BCUT2D eigenvalue weighted by atomic mass is 16.1. The number of carbonyl (C=O) groups is 1. The molecule has 0 aliphatic heterocycles. The van der Waals surface area contributed by atoms with Crippen LogP contribution in [-0.4, -0.2) is 17.4 Å². The molecule has 1 rings (SSSR count). The number of carbonyl (C=O) groups excluding carboxylic acids is 1. The van der Waals surface area contributed by atoms with Crippen LogP contribution in [0.3, 0.4) is 0 Å². The summed E-state index contributed by atoms with van der Waals surface area (Å²) in [5, 5.41) is 3.26. The van der Waals surface area contributed by atoms with Crippen LogP contribution in [0.5, 0.6) is 0 Å². The third-order valence-corrected chi connectivity index (χ3v) is 2.65. The highest BCUT2D eigenvalue weighted by Gasteiger charge is 2.25. The van der Waals surface area contributed by atoms with Crippen LogP contribution < -0.4 is 11.1 Å². The Bertz CT molecular complexity index is 349. The van der Waals surface area contributed by atoms with Gasteiger partial charge in [0.2, 0.25) is 5.91 Å². The van der Waals surface area contributed by atoms with Crippen molar-refractivity contribution in [3.63, 3.8) is 0 Å². The Morgan fingerprint density at radius 2 is 2.25 bits per heavy atom. The van der Waals surface area contributed by atoms with Crippen LogP contribution in [0.25, 0.3) is 0 Å². The minimum Gasteiger partial charge on any atom is -0.369 e. The molecule has 1 atom stereocenters. The molecule has 0 fully saturated rings. The molecule has 0 aliphatic carbocycles. The Morgan fingerprint density at radius 3 is 2.75 bits per heavy atom. The molecule has 1 aromatic heterocycles. The molecule has 1 heterocycles. The van der Waals surface area contributed by atoms with Crippen molar-refractivity contribution in [3.8, 4) is 0 Å². The lowest BCUT2D eigenvalue weighted by Crippen LogP contribution is -2.41. The van der Waals surface area contributed by atoms with Gasteiger partial charge in [-0.3, -0.25) is 9.78 Å². The van der Waals surface area contributed by atoms with Gasteiger partial charge in [-0.2, -0.15) is 0 Å². The molecule has 16 heavy (non-hydrogen) atoms. The summed E-state index contributed by atoms with van der Waals surface area (Å²) in [5.74, 6) is -0.298. The lowest BCUT2D eigenvalue weighted by atomic mass is 9.92. The van der Waals surface area contributed by atoms with Gasteiger partial charge >= 0.3 is 0 Å². The summed E-state index contributed by atoms with van der Waals surface area (Å²) in [4.78, 5) is 15.4. The van der Waals surface area contributed by atoms with Crippen molar-refractivity contribution in [2.75, 3.05) is 6.54 Å². The summed E-state index contributed by atoms with van der Waals surface area (Å²) in [6.45, 7) is 6.21. The van der Waals surface area contributed by atoms with Crippen LogP contribution >= 0.6 is 0 Å². The maximum absolute atomic E-state index is 11.1. The number of nitrogens with zero attached hydrogens (tertiary/aromatic N) is 1. The van der Waals surface area contributed by atoms with E-state index in [9.17, 15) is 4.79 Å². The molecule has 1 amide bonds. The van der Waals surface area contributed by atoms with E-state index in [2.05, 4.69) is 10.3 Å². The summed E-state index contributed by atoms with van der Waals surface area (Å²) < 4.78 is 0. The van der Waals surface area contributed by atoms with Crippen LogP contribution in [0.4, 0.5) is 0 Å². The van der Waals surface area contributed by atoms with E-state index >= 15 is 0 Å². The maximum atomic E-state index is 11.1. The third-order valence-electron chi connectivity index (χ3n) is 2.65. The molecule has 1 unspecified atom stereocenters. The van der Waals surface area contributed by atoms with Gasteiger partial charge in [0.25, 0.3) is 0 Å². The van der Waals surface area contributed by atoms with Crippen LogP contribution in [-0.2, 0) is 4.79 Å². The van der Waals surface area contributed by atoms with Crippen LogP contribution in [0, 0.1) is 5.41 Å². The first kappa shape index (κ1) is 12.6. The van der Waals surface area contributed by atoms with Crippen molar-refractivity contribution in [1.82, 2.24) is 10.3 Å². The number of amides is 1. The number of nitrogens with two attached hydrogens (primary N) is 1. The molecule has 0 spiro atoms. The van der Waals surface area contributed by atoms with E-state index in [1.165, 1.54) is 0 Å². The highest BCUT2D eigenvalue weighted by Crippen LogP contribution is 2.15. The Hall–Kier alpha value is -1.42. The van der Waals surface area contributed by atoms with Crippen molar-refractivity contribution in [3.05, 3.63) is 30.1 Å². The first-order chi connectivity index (χ1) is 7.43. The van der Waals surface area contributed by atoms with Gasteiger partial charge in [0.15, 0.2) is 0 Å². The highest BCUT2D eigenvalue weighted by molar-refractivity contribution is 5.80. The third kappa shape index (κ3) is 3.31. The summed E-state index contributed by atoms with van der Waals surface area (Å²) in [5.41, 5.74) is 5.72. The zero-order valence-electron chi connectivity index (χ0n) is 10.0. The predicted molar refractivity (Wildman–Crippen MR) is 63.6 cm³/mol. The Labute approximate surface area is 96.3 Å². The zero-order valence-corrected chi connectivity index (χ0v) is 10.0. The van der Waals surface area contributed by atoms with E-state index in [4.69, 9.17) is 5.73 Å². The predicted octanol–water partition coefficient (Wildman–Crippen LogP) is 1.24. The molecule has 0 aromatic carbocycles. The standard InChI is InChI=1S/C12H19N3O/c1-9(10-6-4-5-7-14-10)15-8-12(2,3)11(13)16/h4-7,9,15H,8H2,1-3H3,(H2,13,16). The fourth-order valence-electron chi connectivity index (χ4n) is 1.23. The first-order valence-electron chi connectivity index (χ1n) is 5.38. The largest absolute Gasteiger partial charge is 0.369 e. The summed E-state index contributed by atoms with van der Waals surface area (Å²) >= 11 is 0. The van der Waals surface area contributed by atoms with Gasteiger partial charge in [-0.25, -0.2) is 0 Å². The van der Waals surface area contributed by atoms with E-state index in [0.717, 1.165) is 5.69 Å². The second kappa shape index (κ2) is 5.07. The van der Waals surface area contributed by atoms with Gasteiger partial charge in [-0.15, -0.1) is 0 Å². The van der Waals surface area contributed by atoms with Crippen LogP contribution in [0.15, 0.2) is 24.4 Å². The van der Waals surface area contributed by atoms with Crippen molar-refractivity contribution in [2.45, 2.75) is 26.8 Å². The smallest absolute Gasteiger partial charge is 0.224 e. The first-order valence-corrected chi connectivity index (χ1v) is 5.38. The van der Waals surface area contributed by atoms with E-state index in [-0.39, 0.29) is 11.9 Å². The summed E-state index contributed by atoms with van der Waals surface area (Å²) in [6, 6.07) is 5.89. The topological polar surface area (TPSA) is 68.0 Å². The Balaban J connectivity index is 2.54. The molecule has 0 bridgehead atoms. The van der Waals surface area contributed by atoms with E-state index < -0.39 is 5.41 Å². The van der Waals surface area contributed by atoms with Crippen molar-refractivity contribution in [1.29, 1.82) is 0 Å². The number of hydrogen-bond acceptors (Lipinski definition) is 3. The normalized spacial score (nSPS) is 13.4. The molecule has 3 N–H and O–H groups in total.